The van der Waals surface area contributed by atoms with Gasteiger partial charge in [-0.15, -0.1) is 0 Å². The van der Waals surface area contributed by atoms with E-state index in [1.54, 1.807) is 7.11 Å². The van der Waals surface area contributed by atoms with Crippen molar-refractivity contribution in [2.24, 2.45) is 5.73 Å². The Morgan fingerprint density at radius 3 is 2.68 bits per heavy atom. The van der Waals surface area contributed by atoms with Gasteiger partial charge in [0.15, 0.2) is 11.5 Å². The third-order valence-electron chi connectivity index (χ3n) is 3.25. The fraction of sp³-hybridized carbons (Fsp3) is 0.600. The zero-order valence-electron chi connectivity index (χ0n) is 11.7. The zero-order valence-corrected chi connectivity index (χ0v) is 11.7. The van der Waals surface area contributed by atoms with Crippen molar-refractivity contribution >= 4 is 0 Å². The van der Waals surface area contributed by atoms with Gasteiger partial charge in [0.25, 0.3) is 0 Å². The maximum atomic E-state index is 6.05. The predicted octanol–water partition coefficient (Wildman–Crippen LogP) is 2.14. The van der Waals surface area contributed by atoms with Crippen LogP contribution in [0.25, 0.3) is 0 Å². The molecule has 1 aliphatic rings. The van der Waals surface area contributed by atoms with Crippen LogP contribution in [-0.4, -0.2) is 32.5 Å². The van der Waals surface area contributed by atoms with Crippen LogP contribution in [0, 0.1) is 0 Å². The fourth-order valence-electron chi connectivity index (χ4n) is 2.29. The summed E-state index contributed by atoms with van der Waals surface area (Å²) >= 11 is 0. The number of methoxy groups -OCH3 is 1. The van der Waals surface area contributed by atoms with Gasteiger partial charge in [-0.1, -0.05) is 6.07 Å². The second-order valence-electron chi connectivity index (χ2n) is 5.10. The fourth-order valence-corrected chi connectivity index (χ4v) is 2.29. The van der Waals surface area contributed by atoms with Crippen molar-refractivity contribution in [3.63, 3.8) is 0 Å². The standard InChI is InChI=1S/C15H23NO3/c1-11(16)9-12-3-4-14(17-2)15(10-12)19-13-5-7-18-8-6-13/h3-4,10-11,13H,5-9,16H2,1-2H3. The third kappa shape index (κ3) is 4.11. The van der Waals surface area contributed by atoms with Crippen molar-refractivity contribution in [1.29, 1.82) is 0 Å². The molecule has 2 rings (SSSR count). The molecule has 0 bridgehead atoms. The molecule has 1 aliphatic heterocycles. The summed E-state index contributed by atoms with van der Waals surface area (Å²) < 4.78 is 16.8. The number of benzene rings is 1. The quantitative estimate of drug-likeness (QED) is 0.886. The molecule has 1 saturated heterocycles. The molecule has 19 heavy (non-hydrogen) atoms. The highest BCUT2D eigenvalue weighted by molar-refractivity contribution is 5.43. The molecule has 2 N–H and O–H groups in total. The molecule has 0 aliphatic carbocycles. The van der Waals surface area contributed by atoms with E-state index in [1.807, 2.05) is 25.1 Å². The van der Waals surface area contributed by atoms with Crippen LogP contribution in [0.5, 0.6) is 11.5 Å². The molecule has 0 radical (unpaired) electrons. The highest BCUT2D eigenvalue weighted by Gasteiger charge is 2.17. The minimum atomic E-state index is 0.143. The molecule has 1 heterocycles. The zero-order chi connectivity index (χ0) is 13.7. The van der Waals surface area contributed by atoms with Gasteiger partial charge in [-0.25, -0.2) is 0 Å². The molecule has 4 heteroatoms. The number of nitrogens with two attached hydrogens (primary N) is 1. The van der Waals surface area contributed by atoms with Crippen LogP contribution in [0.2, 0.25) is 0 Å². The lowest BCUT2D eigenvalue weighted by Crippen LogP contribution is -2.26. The van der Waals surface area contributed by atoms with E-state index in [4.69, 9.17) is 19.9 Å². The van der Waals surface area contributed by atoms with E-state index >= 15 is 0 Å². The molecule has 4 nitrogen and oxygen atoms in total. The first-order valence-electron chi connectivity index (χ1n) is 6.86. The normalized spacial score (nSPS) is 18.1. The summed E-state index contributed by atoms with van der Waals surface area (Å²) in [6, 6.07) is 6.17. The molecular formula is C15H23NO3. The second-order valence-corrected chi connectivity index (χ2v) is 5.10. The monoisotopic (exact) mass is 265 g/mol. The Kier molecular flexibility index (Phi) is 5.05. The van der Waals surface area contributed by atoms with Gasteiger partial charge in [0.1, 0.15) is 6.10 Å². The number of ether oxygens (including phenoxy) is 3. The average Bonchev–Trinajstić information content (AvgIpc) is 2.39. The molecule has 106 valence electrons. The maximum Gasteiger partial charge on any atom is 0.161 e. The van der Waals surface area contributed by atoms with Crippen molar-refractivity contribution in [1.82, 2.24) is 0 Å². The van der Waals surface area contributed by atoms with E-state index < -0.39 is 0 Å². The van der Waals surface area contributed by atoms with E-state index in [-0.39, 0.29) is 12.1 Å². The SMILES string of the molecule is COc1ccc(CC(C)N)cc1OC1CCOCC1. The van der Waals surface area contributed by atoms with Crippen molar-refractivity contribution < 1.29 is 14.2 Å². The average molecular weight is 265 g/mol. The van der Waals surface area contributed by atoms with Gasteiger partial charge in [-0.2, -0.15) is 0 Å². The summed E-state index contributed by atoms with van der Waals surface area (Å²) in [6.07, 6.45) is 2.92. The van der Waals surface area contributed by atoms with Crippen molar-refractivity contribution in [3.8, 4) is 11.5 Å². The second kappa shape index (κ2) is 6.78. The van der Waals surface area contributed by atoms with Crippen LogP contribution >= 0.6 is 0 Å². The van der Waals surface area contributed by atoms with Gasteiger partial charge in [0, 0.05) is 18.9 Å². The van der Waals surface area contributed by atoms with Crippen LogP contribution in [0.15, 0.2) is 18.2 Å². The summed E-state index contributed by atoms with van der Waals surface area (Å²) in [4.78, 5) is 0. The Balaban J connectivity index is 2.10. The first-order valence-corrected chi connectivity index (χ1v) is 6.86. The molecule has 1 fully saturated rings. The summed E-state index contributed by atoms with van der Waals surface area (Å²) in [7, 11) is 1.66. The first-order chi connectivity index (χ1) is 9.19. The van der Waals surface area contributed by atoms with Gasteiger partial charge < -0.3 is 19.9 Å². The molecule has 1 aromatic carbocycles. The van der Waals surface area contributed by atoms with Crippen LogP contribution in [0.1, 0.15) is 25.3 Å². The Morgan fingerprint density at radius 2 is 2.05 bits per heavy atom. The lowest BCUT2D eigenvalue weighted by atomic mass is 10.1. The van der Waals surface area contributed by atoms with E-state index in [0.717, 1.165) is 44.0 Å². The minimum absolute atomic E-state index is 0.143. The van der Waals surface area contributed by atoms with Gasteiger partial charge in [-0.3, -0.25) is 0 Å². The van der Waals surface area contributed by atoms with Crippen LogP contribution in [-0.2, 0) is 11.2 Å². The number of hydrogen-bond acceptors (Lipinski definition) is 4. The van der Waals surface area contributed by atoms with Crippen molar-refractivity contribution in [2.75, 3.05) is 20.3 Å². The van der Waals surface area contributed by atoms with Crippen LogP contribution in [0.3, 0.4) is 0 Å². The Labute approximate surface area is 114 Å². The molecule has 1 aromatic rings. The Bertz CT molecular complexity index is 400. The van der Waals surface area contributed by atoms with E-state index in [2.05, 4.69) is 0 Å². The lowest BCUT2D eigenvalue weighted by Gasteiger charge is -2.24. The Hall–Kier alpha value is -1.26. The summed E-state index contributed by atoms with van der Waals surface area (Å²) in [5.41, 5.74) is 7.02. The van der Waals surface area contributed by atoms with Gasteiger partial charge >= 0.3 is 0 Å². The van der Waals surface area contributed by atoms with Crippen LogP contribution < -0.4 is 15.2 Å². The number of hydrogen-bond donors (Lipinski definition) is 1. The lowest BCUT2D eigenvalue weighted by molar-refractivity contribution is 0.0245. The van der Waals surface area contributed by atoms with E-state index in [9.17, 15) is 0 Å². The molecule has 0 saturated carbocycles. The third-order valence-corrected chi connectivity index (χ3v) is 3.25. The first kappa shape index (κ1) is 14.2. The van der Waals surface area contributed by atoms with E-state index in [1.165, 1.54) is 5.56 Å². The summed E-state index contributed by atoms with van der Waals surface area (Å²) in [6.45, 7) is 3.54. The summed E-state index contributed by atoms with van der Waals surface area (Å²) in [5, 5.41) is 0. The molecule has 0 amide bonds. The smallest absolute Gasteiger partial charge is 0.161 e. The minimum Gasteiger partial charge on any atom is -0.493 e. The van der Waals surface area contributed by atoms with Crippen LogP contribution in [0.4, 0.5) is 0 Å². The molecule has 0 aromatic heterocycles. The maximum absolute atomic E-state index is 6.05. The van der Waals surface area contributed by atoms with E-state index in [0.29, 0.717) is 0 Å². The molecule has 1 unspecified atom stereocenters. The molecular weight excluding hydrogens is 242 g/mol. The number of rotatable bonds is 5. The summed E-state index contributed by atoms with van der Waals surface area (Å²) in [5.74, 6) is 1.59. The van der Waals surface area contributed by atoms with Crippen molar-refractivity contribution in [3.05, 3.63) is 23.8 Å². The predicted molar refractivity (Wildman–Crippen MR) is 74.8 cm³/mol. The molecule has 0 spiro atoms. The van der Waals surface area contributed by atoms with Gasteiger partial charge in [-0.05, 0) is 31.0 Å². The molecule has 1 atom stereocenters. The largest absolute Gasteiger partial charge is 0.493 e. The Morgan fingerprint density at radius 1 is 1.32 bits per heavy atom. The highest BCUT2D eigenvalue weighted by atomic mass is 16.5. The van der Waals surface area contributed by atoms with Gasteiger partial charge in [0.2, 0.25) is 0 Å². The topological polar surface area (TPSA) is 53.7 Å². The highest BCUT2D eigenvalue weighted by Crippen LogP contribution is 2.30. The van der Waals surface area contributed by atoms with Gasteiger partial charge in [0.05, 0.1) is 20.3 Å². The van der Waals surface area contributed by atoms with Crippen molar-refractivity contribution in [2.45, 2.75) is 38.3 Å².